The molecule has 1 aromatic heterocycles. The molecule has 0 radical (unpaired) electrons. The van der Waals surface area contributed by atoms with Gasteiger partial charge in [-0.1, -0.05) is 11.6 Å². The van der Waals surface area contributed by atoms with Crippen LogP contribution >= 0.6 is 23.1 Å². The molecular formula is C21H26ClN5O5S2. The lowest BCUT2D eigenvalue weighted by molar-refractivity contribution is -0.573. The molecule has 1 N–H and O–H groups in total. The van der Waals surface area contributed by atoms with Crippen LogP contribution in [0.5, 0.6) is 0 Å². The number of carbonyl (C=O) groups excluding carboxylic acids is 1. The molecule has 34 heavy (non-hydrogen) atoms. The third-order valence-electron chi connectivity index (χ3n) is 4.62. The van der Waals surface area contributed by atoms with Gasteiger partial charge in [-0.15, -0.1) is 14.2 Å². The summed E-state index contributed by atoms with van der Waals surface area (Å²) in [6.07, 6.45) is 0. The third-order valence-corrected chi connectivity index (χ3v) is 6.21. The monoisotopic (exact) mass is 527 g/mol. The Hall–Kier alpha value is -2.64. The molecule has 0 saturated carbocycles. The summed E-state index contributed by atoms with van der Waals surface area (Å²) in [5, 5.41) is 14.2. The zero-order valence-electron chi connectivity index (χ0n) is 19.4. The summed E-state index contributed by atoms with van der Waals surface area (Å²) >= 11 is 7.59. The largest absolute Gasteiger partial charge is 0.726 e. The molecule has 0 aliphatic carbocycles. The zero-order valence-corrected chi connectivity index (χ0v) is 21.8. The van der Waals surface area contributed by atoms with Crippen LogP contribution in [0, 0.1) is 0 Å². The molecule has 1 amide bonds. The lowest BCUT2D eigenvalue weighted by Gasteiger charge is -2.22. The second-order valence-corrected chi connectivity index (χ2v) is 9.59. The van der Waals surface area contributed by atoms with Crippen molar-refractivity contribution in [3.05, 3.63) is 41.4 Å². The molecule has 0 unspecified atom stereocenters. The van der Waals surface area contributed by atoms with Crippen molar-refractivity contribution in [3.8, 4) is 0 Å². The second-order valence-electron chi connectivity index (χ2n) is 6.89. The summed E-state index contributed by atoms with van der Waals surface area (Å²) < 4.78 is 33.0. The molecule has 13 heteroatoms. The van der Waals surface area contributed by atoms with Gasteiger partial charge in [0.05, 0.1) is 18.2 Å². The minimum atomic E-state index is -4.41. The summed E-state index contributed by atoms with van der Waals surface area (Å²) in [5.74, 6) is -0.143. The minimum absolute atomic E-state index is 0.143. The average Bonchev–Trinajstić information content (AvgIpc) is 3.08. The van der Waals surface area contributed by atoms with E-state index >= 15 is 0 Å². The van der Waals surface area contributed by atoms with Crippen molar-refractivity contribution in [1.82, 2.24) is 0 Å². The van der Waals surface area contributed by atoms with Crippen LogP contribution in [-0.2, 0) is 26.4 Å². The average molecular weight is 528 g/mol. The molecule has 0 atom stereocenters. The number of nitrogens with zero attached hydrogens (tertiary/aromatic N) is 4. The van der Waals surface area contributed by atoms with Crippen LogP contribution in [-0.4, -0.2) is 39.1 Å². The van der Waals surface area contributed by atoms with Crippen molar-refractivity contribution in [3.63, 3.8) is 0 Å². The number of rotatable bonds is 7. The van der Waals surface area contributed by atoms with Gasteiger partial charge < -0.3 is 14.8 Å². The molecule has 184 valence electrons. The highest BCUT2D eigenvalue weighted by atomic mass is 35.5. The van der Waals surface area contributed by atoms with Crippen LogP contribution in [0.15, 0.2) is 46.6 Å². The van der Waals surface area contributed by atoms with Crippen molar-refractivity contribution in [2.45, 2.75) is 20.8 Å². The van der Waals surface area contributed by atoms with Crippen LogP contribution in [0.2, 0.25) is 5.02 Å². The molecule has 0 aliphatic heterocycles. The maximum Gasteiger partial charge on any atom is 0.230 e. The predicted molar refractivity (Wildman–Crippen MR) is 133 cm³/mol. The summed E-state index contributed by atoms with van der Waals surface area (Å²) in [4.78, 5) is 13.9. The Kier molecular flexibility index (Phi) is 9.89. The first-order valence-electron chi connectivity index (χ1n) is 10.2. The van der Waals surface area contributed by atoms with Gasteiger partial charge in [0.15, 0.2) is 18.6 Å². The van der Waals surface area contributed by atoms with Crippen molar-refractivity contribution in [2.24, 2.45) is 17.3 Å². The minimum Gasteiger partial charge on any atom is -0.726 e. The highest BCUT2D eigenvalue weighted by molar-refractivity contribution is 7.80. The van der Waals surface area contributed by atoms with E-state index in [4.69, 9.17) is 11.6 Å². The fourth-order valence-corrected chi connectivity index (χ4v) is 4.06. The van der Waals surface area contributed by atoms with Gasteiger partial charge >= 0.3 is 0 Å². The van der Waals surface area contributed by atoms with Gasteiger partial charge in [0.1, 0.15) is 5.69 Å². The zero-order chi connectivity index (χ0) is 25.5. The van der Waals surface area contributed by atoms with E-state index in [0.29, 0.717) is 16.4 Å². The molecule has 1 heterocycles. The third kappa shape index (κ3) is 7.71. The normalized spacial score (nSPS) is 11.4. The molecule has 0 aliphatic rings. The number of hydrogen-bond donors (Lipinski definition) is 1. The van der Waals surface area contributed by atoms with Crippen LogP contribution in [0.4, 0.5) is 22.1 Å². The molecule has 10 nitrogen and oxygen atoms in total. The molecule has 0 bridgehead atoms. The molecule has 0 spiro atoms. The lowest BCUT2D eigenvalue weighted by atomic mass is 10.2. The number of amides is 1. The van der Waals surface area contributed by atoms with E-state index in [2.05, 4.69) is 38.5 Å². The van der Waals surface area contributed by atoms with Crippen molar-refractivity contribution < 1.29 is 25.9 Å². The Morgan fingerprint density at radius 3 is 2.41 bits per heavy atom. The number of aromatic nitrogens is 1. The number of benzene rings is 2. The van der Waals surface area contributed by atoms with Crippen molar-refractivity contribution in [1.29, 1.82) is 0 Å². The molecule has 0 saturated heterocycles. The standard InChI is InChI=1S/C20H22ClN5OS.CH4O4S/c1-5-26(6-2)15-8-10-17(18(12-15)22-13(3)27)23-24-20-16-9-7-14(21)11-19(16)25(4)28-20;1-5-6(2,3)4/h7-12H,5-6H2,1-4H3;1H3,(H,2,3,4). The number of hydrogen-bond acceptors (Lipinski definition) is 9. The highest BCUT2D eigenvalue weighted by Crippen LogP contribution is 2.35. The fourth-order valence-electron chi connectivity index (χ4n) is 3.03. The Morgan fingerprint density at radius 1 is 1.21 bits per heavy atom. The number of azo groups is 1. The maximum absolute atomic E-state index is 11.7. The fraction of sp³-hybridized carbons (Fsp3) is 0.333. The van der Waals surface area contributed by atoms with E-state index < -0.39 is 10.4 Å². The van der Waals surface area contributed by atoms with E-state index in [9.17, 15) is 17.8 Å². The van der Waals surface area contributed by atoms with Gasteiger partial charge in [0.2, 0.25) is 26.8 Å². The quantitative estimate of drug-likeness (QED) is 0.205. The summed E-state index contributed by atoms with van der Waals surface area (Å²) in [5.41, 5.74) is 3.30. The highest BCUT2D eigenvalue weighted by Gasteiger charge is 2.17. The van der Waals surface area contributed by atoms with Gasteiger partial charge in [0.25, 0.3) is 0 Å². The van der Waals surface area contributed by atoms with E-state index in [-0.39, 0.29) is 5.91 Å². The topological polar surface area (TPSA) is 127 Å². The summed E-state index contributed by atoms with van der Waals surface area (Å²) in [6, 6.07) is 11.5. The number of aryl methyl sites for hydroxylation is 1. The second kappa shape index (κ2) is 12.2. The molecule has 2 aromatic carbocycles. The number of anilines is 2. The van der Waals surface area contributed by atoms with Gasteiger partial charge in [-0.05, 0) is 44.2 Å². The van der Waals surface area contributed by atoms with Gasteiger partial charge in [-0.2, -0.15) is 0 Å². The van der Waals surface area contributed by atoms with Crippen LogP contribution in [0.1, 0.15) is 20.8 Å². The Bertz CT molecular complexity index is 1290. The first kappa shape index (κ1) is 27.6. The molecule has 0 fully saturated rings. The predicted octanol–water partition coefficient (Wildman–Crippen LogP) is 4.69. The molecular weight excluding hydrogens is 502 g/mol. The molecule has 3 rings (SSSR count). The summed E-state index contributed by atoms with van der Waals surface area (Å²) in [6.45, 7) is 7.46. The van der Waals surface area contributed by atoms with E-state index in [1.807, 2.05) is 47.4 Å². The van der Waals surface area contributed by atoms with Crippen molar-refractivity contribution in [2.75, 3.05) is 30.4 Å². The van der Waals surface area contributed by atoms with Crippen LogP contribution < -0.4 is 14.2 Å². The Balaban J connectivity index is 0.000000604. The Labute approximate surface area is 207 Å². The van der Waals surface area contributed by atoms with Crippen molar-refractivity contribution >= 4 is 72.4 Å². The van der Waals surface area contributed by atoms with Gasteiger partial charge in [0, 0.05) is 36.8 Å². The maximum atomic E-state index is 11.7. The first-order valence-corrected chi connectivity index (χ1v) is 12.7. The SMILES string of the molecule is CCN(CC)c1ccc(N=Nc2s[n+](C)c3cc(Cl)ccc23)c(NC(C)=O)c1.COS(=O)(=O)[O-]. The number of carbonyl (C=O) groups is 1. The van der Waals surface area contributed by atoms with Crippen LogP contribution in [0.3, 0.4) is 0 Å². The number of fused-ring (bicyclic) bond motifs is 1. The first-order chi connectivity index (χ1) is 16.0. The van der Waals surface area contributed by atoms with Gasteiger partial charge in [-0.3, -0.25) is 8.98 Å². The van der Waals surface area contributed by atoms with Crippen LogP contribution in [0.25, 0.3) is 10.9 Å². The Morgan fingerprint density at radius 2 is 1.85 bits per heavy atom. The van der Waals surface area contributed by atoms with E-state index in [0.717, 1.165) is 41.8 Å². The van der Waals surface area contributed by atoms with E-state index in [1.54, 1.807) is 0 Å². The number of nitrogens with one attached hydrogen (secondary N) is 1. The lowest BCUT2D eigenvalue weighted by Crippen LogP contribution is -2.21. The van der Waals surface area contributed by atoms with Gasteiger partial charge in [-0.25, -0.2) is 8.42 Å². The molecule has 3 aromatic rings. The number of halogens is 1. The van der Waals surface area contributed by atoms with E-state index in [1.165, 1.54) is 18.5 Å². The summed E-state index contributed by atoms with van der Waals surface area (Å²) in [7, 11) is -1.64. The smallest absolute Gasteiger partial charge is 0.230 e.